The molecule has 0 amide bonds. The lowest BCUT2D eigenvalue weighted by Crippen LogP contribution is -2.16. The summed E-state index contributed by atoms with van der Waals surface area (Å²) in [6.45, 7) is 4.80. The van der Waals surface area contributed by atoms with E-state index in [2.05, 4.69) is 41.3 Å². The van der Waals surface area contributed by atoms with Crippen LogP contribution in [-0.4, -0.2) is 23.5 Å². The van der Waals surface area contributed by atoms with E-state index in [4.69, 9.17) is 11.6 Å². The molecule has 0 atom stereocenters. The van der Waals surface area contributed by atoms with Gasteiger partial charge in [0.05, 0.1) is 0 Å². The van der Waals surface area contributed by atoms with Crippen molar-refractivity contribution in [3.63, 3.8) is 0 Å². The lowest BCUT2D eigenvalue weighted by Gasteiger charge is -2.15. The van der Waals surface area contributed by atoms with Crippen molar-refractivity contribution in [3.05, 3.63) is 45.9 Å². The average Bonchev–Trinajstić information content (AvgIpc) is 2.80. The van der Waals surface area contributed by atoms with Gasteiger partial charge in [-0.2, -0.15) is 0 Å². The molecular formula is C14H18ClN3S. The number of aromatic nitrogens is 1. The van der Waals surface area contributed by atoms with Gasteiger partial charge in [0.25, 0.3) is 0 Å². The Hall–Kier alpha value is -1.10. The fraction of sp³-hybridized carbons (Fsp3) is 0.357. The quantitative estimate of drug-likeness (QED) is 0.877. The van der Waals surface area contributed by atoms with Crippen molar-refractivity contribution in [1.82, 2.24) is 9.88 Å². The maximum absolute atomic E-state index is 5.88. The summed E-state index contributed by atoms with van der Waals surface area (Å²) in [5.41, 5.74) is 1.27. The Morgan fingerprint density at radius 3 is 2.68 bits per heavy atom. The number of anilines is 1. The number of hydrogen-bond acceptors (Lipinski definition) is 4. The lowest BCUT2D eigenvalue weighted by atomic mass is 10.2. The Morgan fingerprint density at radius 1 is 1.26 bits per heavy atom. The van der Waals surface area contributed by atoms with Crippen LogP contribution in [0, 0.1) is 0 Å². The first-order valence-electron chi connectivity index (χ1n) is 6.29. The van der Waals surface area contributed by atoms with E-state index >= 15 is 0 Å². The highest BCUT2D eigenvalue weighted by atomic mass is 35.5. The van der Waals surface area contributed by atoms with Gasteiger partial charge in [0.15, 0.2) is 5.13 Å². The molecule has 2 aromatic rings. The van der Waals surface area contributed by atoms with Gasteiger partial charge in [-0.05, 0) is 31.7 Å². The van der Waals surface area contributed by atoms with Crippen LogP contribution in [0.4, 0.5) is 5.13 Å². The van der Waals surface area contributed by atoms with Gasteiger partial charge >= 0.3 is 0 Å². The molecular weight excluding hydrogens is 278 g/mol. The maximum atomic E-state index is 5.88. The summed E-state index contributed by atoms with van der Waals surface area (Å²) in [6, 6.07) is 7.99. The fourth-order valence-corrected chi connectivity index (χ4v) is 2.92. The molecule has 0 radical (unpaired) electrons. The van der Waals surface area contributed by atoms with E-state index in [1.807, 2.05) is 18.3 Å². The molecule has 0 unspecified atom stereocenters. The number of halogens is 1. The molecule has 102 valence electrons. The minimum absolute atomic E-state index is 0.782. The van der Waals surface area contributed by atoms with Gasteiger partial charge in [-0.25, -0.2) is 4.98 Å². The van der Waals surface area contributed by atoms with E-state index in [9.17, 15) is 0 Å². The molecule has 5 heteroatoms. The third kappa shape index (κ3) is 4.49. The summed E-state index contributed by atoms with van der Waals surface area (Å²) in [7, 11) is 2.11. The van der Waals surface area contributed by atoms with Crippen LogP contribution in [0.5, 0.6) is 0 Å². The van der Waals surface area contributed by atoms with E-state index in [-0.39, 0.29) is 0 Å². The van der Waals surface area contributed by atoms with Crippen molar-refractivity contribution in [1.29, 1.82) is 0 Å². The molecule has 0 saturated heterocycles. The van der Waals surface area contributed by atoms with Crippen LogP contribution < -0.4 is 5.32 Å². The number of nitrogens with one attached hydrogen (secondary N) is 1. The van der Waals surface area contributed by atoms with Crippen LogP contribution in [0.15, 0.2) is 30.5 Å². The number of benzene rings is 1. The smallest absolute Gasteiger partial charge is 0.182 e. The third-order valence-corrected chi connectivity index (χ3v) is 3.86. The van der Waals surface area contributed by atoms with E-state index in [0.717, 1.165) is 29.8 Å². The predicted octanol–water partition coefficient (Wildman–Crippen LogP) is 3.86. The largest absolute Gasteiger partial charge is 0.362 e. The summed E-state index contributed by atoms with van der Waals surface area (Å²) in [4.78, 5) is 7.88. The molecule has 1 aromatic carbocycles. The second-order valence-corrected chi connectivity index (χ2v) is 6.01. The molecule has 0 saturated carbocycles. The molecule has 2 rings (SSSR count). The van der Waals surface area contributed by atoms with Gasteiger partial charge in [0.2, 0.25) is 0 Å². The SMILES string of the molecule is CCNc1ncc(CN(C)Cc2ccc(Cl)cc2)s1. The van der Waals surface area contributed by atoms with Crippen molar-refractivity contribution in [2.75, 3.05) is 18.9 Å². The van der Waals surface area contributed by atoms with Crippen LogP contribution in [0.3, 0.4) is 0 Å². The normalized spacial score (nSPS) is 10.9. The molecule has 0 aliphatic carbocycles. The van der Waals surface area contributed by atoms with E-state index in [1.165, 1.54) is 10.4 Å². The Balaban J connectivity index is 1.89. The van der Waals surface area contributed by atoms with Crippen LogP contribution in [-0.2, 0) is 13.1 Å². The van der Waals surface area contributed by atoms with Gasteiger partial charge in [-0.3, -0.25) is 4.90 Å². The maximum Gasteiger partial charge on any atom is 0.182 e. The molecule has 19 heavy (non-hydrogen) atoms. The highest BCUT2D eigenvalue weighted by molar-refractivity contribution is 7.15. The van der Waals surface area contributed by atoms with E-state index < -0.39 is 0 Å². The first-order valence-corrected chi connectivity index (χ1v) is 7.48. The van der Waals surface area contributed by atoms with Gasteiger partial charge in [0.1, 0.15) is 0 Å². The van der Waals surface area contributed by atoms with Crippen molar-refractivity contribution >= 4 is 28.1 Å². The van der Waals surface area contributed by atoms with Crippen LogP contribution >= 0.6 is 22.9 Å². The highest BCUT2D eigenvalue weighted by Gasteiger charge is 2.05. The van der Waals surface area contributed by atoms with Crippen molar-refractivity contribution in [2.24, 2.45) is 0 Å². The second-order valence-electron chi connectivity index (χ2n) is 4.46. The molecule has 1 heterocycles. The first-order chi connectivity index (χ1) is 9.17. The average molecular weight is 296 g/mol. The molecule has 0 fully saturated rings. The zero-order chi connectivity index (χ0) is 13.7. The van der Waals surface area contributed by atoms with E-state index in [1.54, 1.807) is 11.3 Å². The second kappa shape index (κ2) is 6.89. The third-order valence-electron chi connectivity index (χ3n) is 2.67. The number of nitrogens with zero attached hydrogens (tertiary/aromatic N) is 2. The number of thiazole rings is 1. The van der Waals surface area contributed by atoms with Crippen LogP contribution in [0.2, 0.25) is 5.02 Å². The summed E-state index contributed by atoms with van der Waals surface area (Å²) < 4.78 is 0. The summed E-state index contributed by atoms with van der Waals surface area (Å²) in [6.07, 6.45) is 1.95. The Labute approximate surface area is 123 Å². The van der Waals surface area contributed by atoms with Gasteiger partial charge in [0, 0.05) is 35.7 Å². The van der Waals surface area contributed by atoms with Gasteiger partial charge in [-0.15, -0.1) is 11.3 Å². The van der Waals surface area contributed by atoms with Crippen molar-refractivity contribution in [3.8, 4) is 0 Å². The monoisotopic (exact) mass is 295 g/mol. The Morgan fingerprint density at radius 2 is 2.00 bits per heavy atom. The number of rotatable bonds is 6. The minimum atomic E-state index is 0.782. The number of hydrogen-bond donors (Lipinski definition) is 1. The van der Waals surface area contributed by atoms with Crippen LogP contribution in [0.1, 0.15) is 17.4 Å². The summed E-state index contributed by atoms with van der Waals surface area (Å²) in [5, 5.41) is 5.01. The van der Waals surface area contributed by atoms with E-state index in [0.29, 0.717) is 0 Å². The highest BCUT2D eigenvalue weighted by Crippen LogP contribution is 2.20. The fourth-order valence-electron chi connectivity index (χ4n) is 1.84. The molecule has 3 nitrogen and oxygen atoms in total. The van der Waals surface area contributed by atoms with Crippen molar-refractivity contribution < 1.29 is 0 Å². The topological polar surface area (TPSA) is 28.2 Å². The Bertz CT molecular complexity index is 510. The Kier molecular flexibility index (Phi) is 5.19. The van der Waals surface area contributed by atoms with Gasteiger partial charge < -0.3 is 5.32 Å². The molecule has 1 aromatic heterocycles. The zero-order valence-electron chi connectivity index (χ0n) is 11.2. The standard InChI is InChI=1S/C14H18ClN3S/c1-3-16-14-17-8-13(19-14)10-18(2)9-11-4-6-12(15)7-5-11/h4-8H,3,9-10H2,1-2H3,(H,16,17). The molecule has 0 aliphatic heterocycles. The van der Waals surface area contributed by atoms with Crippen molar-refractivity contribution in [2.45, 2.75) is 20.0 Å². The lowest BCUT2D eigenvalue weighted by molar-refractivity contribution is 0.322. The summed E-state index contributed by atoms with van der Waals surface area (Å²) in [5.74, 6) is 0. The molecule has 0 bridgehead atoms. The van der Waals surface area contributed by atoms with Crippen LogP contribution in [0.25, 0.3) is 0 Å². The molecule has 1 N–H and O–H groups in total. The first kappa shape index (κ1) is 14.3. The minimum Gasteiger partial charge on any atom is -0.362 e. The summed E-state index contributed by atoms with van der Waals surface area (Å²) >= 11 is 7.60. The van der Waals surface area contributed by atoms with Gasteiger partial charge in [-0.1, -0.05) is 23.7 Å². The predicted molar refractivity (Wildman–Crippen MR) is 82.9 cm³/mol. The zero-order valence-corrected chi connectivity index (χ0v) is 12.8. The molecule has 0 spiro atoms. The molecule has 0 aliphatic rings.